The van der Waals surface area contributed by atoms with Crippen molar-refractivity contribution in [2.45, 2.75) is 191 Å². The molecule has 0 bridgehead atoms. The Morgan fingerprint density at radius 3 is 1.25 bits per heavy atom. The van der Waals surface area contributed by atoms with Gasteiger partial charge in [-0.2, -0.15) is 0 Å². The van der Waals surface area contributed by atoms with Crippen LogP contribution < -0.4 is 36.1 Å². The molecule has 6 amide bonds. The number of aromatic nitrogens is 2. The van der Waals surface area contributed by atoms with Gasteiger partial charge in [0.15, 0.2) is 17.3 Å². The number of amides is 6. The molecule has 10 fully saturated rings. The zero-order valence-corrected chi connectivity index (χ0v) is 58.7. The van der Waals surface area contributed by atoms with Crippen LogP contribution in [0.5, 0.6) is 0 Å². The Hall–Kier alpha value is -7.57. The molecule has 8 heterocycles. The fourth-order valence-electron chi connectivity index (χ4n) is 15.8. The van der Waals surface area contributed by atoms with Crippen LogP contribution in [-0.4, -0.2) is 189 Å². The summed E-state index contributed by atoms with van der Waals surface area (Å²) in [5.41, 5.74) is 3.00. The average molecular weight is 1390 g/mol. The van der Waals surface area contributed by atoms with E-state index >= 15 is 0 Å². The standard InChI is InChI=1S/C27H38BN3O5.C25H29N5O3.C21H26BrN3O3/c1-18-17-30(24(34)11-12-27(19-9-10-19)22(32)16-23(33)29-27)13-14-31(18)21-8-6-7-20(15-21)28-35-25(2,3)26(4,5)36-28;1-17-16-29(24(33)7-8-25(19-5-6-19)22(31)14-23(32)28-25)11-12-30(17)20-4-2-3-18(13-20)21-15-26-9-10-27-21;1-14-13-24(9-10-25(14)17-4-2-3-16(22)11-17)20(28)7-8-21(15-5-6-15)18(26)12-19(27)23-21/h6-8,15,18-19H,9-14,16-17H2,1-5H3,(H,29,33);2-4,9-10,13,15,17,19H,5-8,11-12,14,16H2,1H3,(H,28,32);2-4,11,14-15H,5-10,12-13H2,1H3,(H,23,27)/t18-,27?;17-,25?;14-,21?/m000/s1. The number of carbonyl (C=O) groups excluding carboxylic acids is 9. The second kappa shape index (κ2) is 28.0. The molecule has 7 aliphatic heterocycles. The maximum Gasteiger partial charge on any atom is 0.494 e. The summed E-state index contributed by atoms with van der Waals surface area (Å²) in [5, 5.41) is 8.75. The van der Waals surface area contributed by atoms with Crippen LogP contribution in [0.25, 0.3) is 11.3 Å². The lowest BCUT2D eigenvalue weighted by Gasteiger charge is -2.41. The lowest BCUT2D eigenvalue weighted by Crippen LogP contribution is -2.55. The molecule has 3 aliphatic carbocycles. The predicted octanol–water partition coefficient (Wildman–Crippen LogP) is 6.74. The number of nitrogens with one attached hydrogen (secondary N) is 3. The fourth-order valence-corrected chi connectivity index (χ4v) is 16.2. The van der Waals surface area contributed by atoms with Crippen LogP contribution in [0.15, 0.2) is 95.9 Å². The Kier molecular flexibility index (Phi) is 20.0. The highest BCUT2D eigenvalue weighted by atomic mass is 79.9. The number of benzene rings is 3. The molecule has 0 radical (unpaired) electrons. The van der Waals surface area contributed by atoms with Crippen molar-refractivity contribution < 1.29 is 52.5 Å². The van der Waals surface area contributed by atoms with Crippen molar-refractivity contribution in [1.29, 1.82) is 0 Å². The van der Waals surface area contributed by atoms with Crippen molar-refractivity contribution in [3.05, 3.63) is 95.9 Å². The van der Waals surface area contributed by atoms with E-state index in [0.29, 0.717) is 65.0 Å². The minimum absolute atomic E-state index is 0.0272. The monoisotopic (exact) mass is 1390 g/mol. The summed E-state index contributed by atoms with van der Waals surface area (Å²) in [6.45, 7) is 20.7. The fraction of sp³-hybridized carbons (Fsp3) is 0.575. The highest BCUT2D eigenvalue weighted by Gasteiger charge is 2.58. The van der Waals surface area contributed by atoms with Gasteiger partial charge >= 0.3 is 7.12 Å². The van der Waals surface area contributed by atoms with Crippen molar-refractivity contribution in [2.75, 3.05) is 73.6 Å². The number of carbonyl (C=O) groups is 9. The van der Waals surface area contributed by atoms with Crippen LogP contribution in [0.3, 0.4) is 0 Å². The number of piperazine rings is 3. The highest BCUT2D eigenvalue weighted by Crippen LogP contribution is 2.48. The Bertz CT molecular complexity index is 3680. The number of ketones is 3. The molecule has 0 spiro atoms. The first kappa shape index (κ1) is 69.3. The van der Waals surface area contributed by atoms with Crippen molar-refractivity contribution in [3.63, 3.8) is 0 Å². The predicted molar refractivity (Wildman–Crippen MR) is 371 cm³/mol. The molecule has 3 saturated carbocycles. The van der Waals surface area contributed by atoms with Gasteiger partial charge < -0.3 is 54.7 Å². The van der Waals surface area contributed by atoms with Gasteiger partial charge in [0.1, 0.15) is 16.6 Å². The van der Waals surface area contributed by atoms with Gasteiger partial charge in [-0.25, -0.2) is 0 Å². The van der Waals surface area contributed by atoms with E-state index in [2.05, 4.69) is 141 Å². The maximum atomic E-state index is 13.1. The molecule has 7 saturated heterocycles. The molecular weight excluding hydrogens is 1300 g/mol. The van der Waals surface area contributed by atoms with Gasteiger partial charge in [-0.1, -0.05) is 46.3 Å². The molecule has 1 aromatic heterocycles. The number of halogens is 1. The molecule has 10 aliphatic rings. The maximum absolute atomic E-state index is 13.1. The molecule has 14 rings (SSSR count). The van der Waals surface area contributed by atoms with E-state index in [1.165, 1.54) is 0 Å². The van der Waals surface area contributed by atoms with E-state index < -0.39 is 34.9 Å². The molecule has 3 unspecified atom stereocenters. The van der Waals surface area contributed by atoms with Crippen molar-refractivity contribution in [3.8, 4) is 11.3 Å². The Morgan fingerprint density at radius 2 is 0.897 bits per heavy atom. The van der Waals surface area contributed by atoms with Gasteiger partial charge in [0.05, 0.1) is 42.4 Å². The molecule has 97 heavy (non-hydrogen) atoms. The molecule has 6 atom stereocenters. The van der Waals surface area contributed by atoms with Crippen LogP contribution in [0.4, 0.5) is 17.1 Å². The first-order chi connectivity index (χ1) is 46.3. The smallest absolute Gasteiger partial charge is 0.399 e. The minimum atomic E-state index is -0.811. The zero-order valence-electron chi connectivity index (χ0n) is 57.1. The van der Waals surface area contributed by atoms with Crippen molar-refractivity contribution in [1.82, 2.24) is 40.6 Å². The number of anilines is 3. The largest absolute Gasteiger partial charge is 0.494 e. The minimum Gasteiger partial charge on any atom is -0.399 e. The van der Waals surface area contributed by atoms with E-state index in [9.17, 15) is 43.2 Å². The van der Waals surface area contributed by atoms with E-state index in [4.69, 9.17) is 9.31 Å². The van der Waals surface area contributed by atoms with Crippen LogP contribution in [0.1, 0.15) is 145 Å². The summed E-state index contributed by atoms with van der Waals surface area (Å²) in [6, 6.07) is 25.3. The van der Waals surface area contributed by atoms with E-state index in [-0.39, 0.29) is 121 Å². The van der Waals surface area contributed by atoms with Gasteiger partial charge in [0.25, 0.3) is 0 Å². The van der Waals surface area contributed by atoms with Crippen LogP contribution in [0.2, 0.25) is 0 Å². The van der Waals surface area contributed by atoms with Gasteiger partial charge in [-0.05, 0) is 172 Å². The summed E-state index contributed by atoms with van der Waals surface area (Å²) in [6.07, 6.45) is 12.8. The van der Waals surface area contributed by atoms with Crippen LogP contribution in [-0.2, 0) is 52.5 Å². The van der Waals surface area contributed by atoms with E-state index in [0.717, 1.165) is 96.4 Å². The summed E-state index contributed by atoms with van der Waals surface area (Å²) >= 11 is 3.52. The number of nitrogens with zero attached hydrogens (tertiary/aromatic N) is 8. The lowest BCUT2D eigenvalue weighted by atomic mass is 9.79. The number of hydrogen-bond donors (Lipinski definition) is 3. The van der Waals surface area contributed by atoms with E-state index in [1.54, 1.807) is 18.6 Å². The van der Waals surface area contributed by atoms with Crippen LogP contribution >= 0.6 is 15.9 Å². The van der Waals surface area contributed by atoms with Gasteiger partial charge in [0.2, 0.25) is 35.4 Å². The SMILES string of the molecule is C[C@H]1CN(C(=O)CCC2(C3CC3)NC(=O)CC2=O)CCN1c1cccc(-c2cnccn2)c1.C[C@H]1CN(C(=O)CCC2(C3CC3)NC(=O)CC2=O)CCN1c1cccc(B2OC(C)(C)C(C)(C)O2)c1.C[C@H]1CN(C(=O)CCC2(C3CC3)NC(=O)CC2=O)CCN1c1cccc(Br)c1. The second-order valence-electron chi connectivity index (χ2n) is 29.6. The third kappa shape index (κ3) is 14.9. The van der Waals surface area contributed by atoms with Gasteiger partial charge in [-0.3, -0.25) is 53.1 Å². The molecule has 3 N–H and O–H groups in total. The number of rotatable bonds is 17. The first-order valence-electron chi connectivity index (χ1n) is 35.0. The van der Waals surface area contributed by atoms with Crippen molar-refractivity contribution >= 4 is 98.4 Å². The third-order valence-corrected chi connectivity index (χ3v) is 22.9. The average Bonchev–Trinajstić information content (AvgIpc) is 1.62. The number of hydrogen-bond acceptors (Lipinski definition) is 16. The Labute approximate surface area is 577 Å². The summed E-state index contributed by atoms with van der Waals surface area (Å²) in [4.78, 5) is 133. The summed E-state index contributed by atoms with van der Waals surface area (Å²) in [5.74, 6) is 0.0899. The highest BCUT2D eigenvalue weighted by molar-refractivity contribution is 9.10. The molecule has 3 aromatic carbocycles. The topological polar surface area (TPSA) is 253 Å². The summed E-state index contributed by atoms with van der Waals surface area (Å²) in [7, 11) is -0.411. The Balaban J connectivity index is 0.000000140. The van der Waals surface area contributed by atoms with E-state index in [1.807, 2.05) is 51.1 Å². The second-order valence-corrected chi connectivity index (χ2v) is 30.5. The first-order valence-corrected chi connectivity index (χ1v) is 35.8. The molecule has 22 nitrogen and oxygen atoms in total. The molecule has 516 valence electrons. The molecule has 4 aromatic rings. The number of Topliss-reactive ketones (excluding diaryl/α,β-unsaturated/α-hetero) is 3. The molecule has 24 heteroatoms. The zero-order chi connectivity index (χ0) is 68.8. The Morgan fingerprint density at radius 1 is 0.515 bits per heavy atom. The quantitative estimate of drug-likeness (QED) is 0.0731. The van der Waals surface area contributed by atoms with Gasteiger partial charge in [0, 0.05) is 136 Å². The van der Waals surface area contributed by atoms with Crippen molar-refractivity contribution in [2.24, 2.45) is 17.8 Å². The molecular formula is C73H93BBrN11O11. The summed E-state index contributed by atoms with van der Waals surface area (Å²) < 4.78 is 13.5. The van der Waals surface area contributed by atoms with Gasteiger partial charge in [-0.15, -0.1) is 0 Å². The normalized spacial score (nSPS) is 27.6. The lowest BCUT2D eigenvalue weighted by molar-refractivity contribution is -0.134. The van der Waals surface area contributed by atoms with Crippen LogP contribution in [0, 0.1) is 17.8 Å². The third-order valence-electron chi connectivity index (χ3n) is 22.4.